The van der Waals surface area contributed by atoms with E-state index >= 15 is 0 Å². The van der Waals surface area contributed by atoms with Crippen LogP contribution in [-0.4, -0.2) is 45.1 Å². The molecular weight excluding hydrogens is 480 g/mol. The van der Waals surface area contributed by atoms with Crippen LogP contribution in [0.1, 0.15) is 22.8 Å². The molecule has 0 saturated heterocycles. The van der Waals surface area contributed by atoms with Crippen molar-refractivity contribution in [2.24, 2.45) is 0 Å². The number of H-pyrrole nitrogens is 4. The van der Waals surface area contributed by atoms with E-state index in [-0.39, 0.29) is 0 Å². The van der Waals surface area contributed by atoms with E-state index in [1.54, 1.807) is 36.4 Å². The van der Waals surface area contributed by atoms with Crippen molar-refractivity contribution in [3.8, 4) is 11.1 Å². The molecule has 0 unspecified atom stereocenters. The first kappa shape index (κ1) is 22.9. The second-order valence-electron chi connectivity index (χ2n) is 8.82. The maximum atomic E-state index is 12.5. The van der Waals surface area contributed by atoms with Gasteiger partial charge < -0.3 is 19.9 Å². The second kappa shape index (κ2) is 9.18. The summed E-state index contributed by atoms with van der Waals surface area (Å²) in [5.74, 6) is 0. The number of hydrogen-bond acceptors (Lipinski definition) is 4. The standard InChI is InChI=1S/C30H20N4O4/c35-13-19-23-6-7-24(31-23)20(14-36)26-10-11-28(33-26)22(16-38)30-18(17-4-2-1-3-5-17)12-29(34-30)21(15-37)27-9-8-25(19)32-27/h1-16,31-34H. The molecule has 0 fully saturated rings. The topological polar surface area (TPSA) is 131 Å². The van der Waals surface area contributed by atoms with E-state index < -0.39 is 0 Å². The second-order valence-corrected chi connectivity index (χ2v) is 8.82. The van der Waals surface area contributed by atoms with Crippen LogP contribution in [0.2, 0.25) is 0 Å². The molecule has 4 N–H and O–H groups in total. The lowest BCUT2D eigenvalue weighted by molar-refractivity contribution is -0.104. The van der Waals surface area contributed by atoms with Crippen LogP contribution in [-0.2, 0) is 19.2 Å². The summed E-state index contributed by atoms with van der Waals surface area (Å²) in [5, 5.41) is 1.99. The van der Waals surface area contributed by atoms with Crippen molar-refractivity contribution < 1.29 is 19.2 Å². The summed E-state index contributed by atoms with van der Waals surface area (Å²) in [7, 11) is 0. The molecule has 0 atom stereocenters. The van der Waals surface area contributed by atoms with Gasteiger partial charge in [-0.1, -0.05) is 30.3 Å². The van der Waals surface area contributed by atoms with Gasteiger partial charge in [0.15, 0.2) is 25.1 Å². The van der Waals surface area contributed by atoms with Crippen molar-refractivity contribution in [2.75, 3.05) is 0 Å². The average Bonchev–Trinajstić information content (AvgIpc) is 3.75. The van der Waals surface area contributed by atoms with Gasteiger partial charge in [-0.3, -0.25) is 19.2 Å². The van der Waals surface area contributed by atoms with Gasteiger partial charge in [-0.15, -0.1) is 0 Å². The Morgan fingerprint density at radius 1 is 0.447 bits per heavy atom. The van der Waals surface area contributed by atoms with E-state index in [9.17, 15) is 19.2 Å². The number of benzene rings is 1. The Hall–Kier alpha value is -5.50. The van der Waals surface area contributed by atoms with Gasteiger partial charge in [-0.2, -0.15) is 0 Å². The van der Waals surface area contributed by atoms with Gasteiger partial charge in [0.2, 0.25) is 0 Å². The van der Waals surface area contributed by atoms with Crippen LogP contribution in [0.3, 0.4) is 0 Å². The molecular formula is C30H20N4O4. The monoisotopic (exact) mass is 500 g/mol. The number of aldehydes is 4. The van der Waals surface area contributed by atoms with Gasteiger partial charge in [0.05, 0.1) is 66.5 Å². The van der Waals surface area contributed by atoms with Crippen molar-refractivity contribution in [1.29, 1.82) is 0 Å². The molecule has 8 bridgehead atoms. The fourth-order valence-corrected chi connectivity index (χ4v) is 4.86. The lowest BCUT2D eigenvalue weighted by Gasteiger charge is -2.03. The number of hydrogen-bond donors (Lipinski definition) is 4. The predicted octanol–water partition coefficient (Wildman–Crippen LogP) is 0.571. The lowest BCUT2D eigenvalue weighted by Crippen LogP contribution is -2.19. The van der Waals surface area contributed by atoms with Gasteiger partial charge in [-0.25, -0.2) is 0 Å². The predicted molar refractivity (Wildman–Crippen MR) is 141 cm³/mol. The number of aromatic nitrogens is 4. The quantitative estimate of drug-likeness (QED) is 0.263. The third-order valence-corrected chi connectivity index (χ3v) is 6.73. The molecule has 6 rings (SSSR count). The number of carbonyl (C=O) groups is 4. The molecule has 1 aliphatic heterocycles. The van der Waals surface area contributed by atoms with Crippen molar-refractivity contribution in [3.05, 3.63) is 117 Å². The largest absolute Gasteiger partial charge is 0.354 e. The van der Waals surface area contributed by atoms with Gasteiger partial charge >= 0.3 is 0 Å². The normalized spacial score (nSPS) is 12.9. The van der Waals surface area contributed by atoms with Gasteiger partial charge in [0, 0.05) is 5.56 Å². The highest BCUT2D eigenvalue weighted by Crippen LogP contribution is 2.30. The maximum Gasteiger partial charge on any atom is 0.154 e. The van der Waals surface area contributed by atoms with Crippen LogP contribution in [0.4, 0.5) is 0 Å². The highest BCUT2D eigenvalue weighted by molar-refractivity contribution is 6.11. The minimum atomic E-state index is 0.332. The SMILES string of the molecule is O=CC1=c2ccc([nH]2)=C(C=O)c2cc(-c3ccccc3)c([nH]2)C(C=O)=c2ccc([nH]2)=C(C=O)c2ccc1[nH]2. The third kappa shape index (κ3) is 3.63. The van der Waals surface area contributed by atoms with Crippen LogP contribution in [0.25, 0.3) is 33.4 Å². The molecule has 0 aliphatic carbocycles. The molecule has 0 amide bonds. The molecule has 1 aliphatic rings. The molecule has 38 heavy (non-hydrogen) atoms. The number of nitrogens with one attached hydrogen (secondary N) is 4. The molecule has 0 saturated carbocycles. The first-order valence-corrected chi connectivity index (χ1v) is 11.8. The Bertz CT molecular complexity index is 2000. The Morgan fingerprint density at radius 2 is 0.921 bits per heavy atom. The summed E-state index contributed by atoms with van der Waals surface area (Å²) in [6.45, 7) is 0. The van der Waals surface area contributed by atoms with Gasteiger partial charge in [0.25, 0.3) is 0 Å². The van der Waals surface area contributed by atoms with Crippen LogP contribution in [0.15, 0.2) is 72.8 Å². The summed E-state index contributed by atoms with van der Waals surface area (Å²) in [6.07, 6.45) is 2.91. The zero-order chi connectivity index (χ0) is 26.2. The van der Waals surface area contributed by atoms with E-state index in [1.165, 1.54) is 0 Å². The summed E-state index contributed by atoms with van der Waals surface area (Å²) >= 11 is 0. The van der Waals surface area contributed by atoms with E-state index in [2.05, 4.69) is 19.9 Å². The lowest BCUT2D eigenvalue weighted by atomic mass is 10.0. The van der Waals surface area contributed by atoms with E-state index in [0.717, 1.165) is 30.0 Å². The molecule has 0 radical (unpaired) electrons. The van der Waals surface area contributed by atoms with Crippen molar-refractivity contribution >= 4 is 47.4 Å². The fourth-order valence-electron chi connectivity index (χ4n) is 4.86. The molecule has 5 aromatic rings. The van der Waals surface area contributed by atoms with E-state index in [1.807, 2.05) is 36.4 Å². The first-order valence-electron chi connectivity index (χ1n) is 11.8. The molecule has 8 heteroatoms. The summed E-state index contributed by atoms with van der Waals surface area (Å²) in [6, 6.07) is 21.6. The maximum absolute atomic E-state index is 12.5. The summed E-state index contributed by atoms with van der Waals surface area (Å²) in [5.41, 5.74) is 4.93. The van der Waals surface area contributed by atoms with Crippen LogP contribution < -0.4 is 21.4 Å². The molecule has 1 aromatic carbocycles. The third-order valence-electron chi connectivity index (χ3n) is 6.73. The Labute approximate surface area is 214 Å². The number of fused-ring (bicyclic) bond motifs is 8. The Kier molecular flexibility index (Phi) is 5.54. The zero-order valence-electron chi connectivity index (χ0n) is 19.9. The number of rotatable bonds is 5. The van der Waals surface area contributed by atoms with Crippen molar-refractivity contribution in [1.82, 2.24) is 19.9 Å². The fraction of sp³-hybridized carbons (Fsp3) is 0. The zero-order valence-corrected chi connectivity index (χ0v) is 19.9. The van der Waals surface area contributed by atoms with Crippen LogP contribution >= 0.6 is 0 Å². The average molecular weight is 501 g/mol. The van der Waals surface area contributed by atoms with E-state index in [0.29, 0.717) is 72.8 Å². The van der Waals surface area contributed by atoms with Gasteiger partial charge in [0.1, 0.15) is 0 Å². The Balaban J connectivity index is 1.81. The molecule has 5 heterocycles. The molecule has 8 nitrogen and oxygen atoms in total. The van der Waals surface area contributed by atoms with Crippen LogP contribution in [0.5, 0.6) is 0 Å². The molecule has 0 spiro atoms. The number of aromatic amines is 4. The smallest absolute Gasteiger partial charge is 0.154 e. The Morgan fingerprint density at radius 3 is 1.42 bits per heavy atom. The summed E-state index contributed by atoms with van der Waals surface area (Å²) in [4.78, 5) is 61.9. The van der Waals surface area contributed by atoms with Crippen molar-refractivity contribution in [3.63, 3.8) is 0 Å². The highest BCUT2D eigenvalue weighted by Gasteiger charge is 2.18. The molecule has 4 aromatic heterocycles. The summed E-state index contributed by atoms with van der Waals surface area (Å²) < 4.78 is 0. The minimum Gasteiger partial charge on any atom is -0.354 e. The number of carbonyl (C=O) groups excluding carboxylic acids is 4. The van der Waals surface area contributed by atoms with Crippen molar-refractivity contribution in [2.45, 2.75) is 0 Å². The van der Waals surface area contributed by atoms with Crippen LogP contribution in [0, 0.1) is 0 Å². The highest BCUT2D eigenvalue weighted by atomic mass is 16.1. The minimum absolute atomic E-state index is 0.332. The van der Waals surface area contributed by atoms with Gasteiger partial charge in [-0.05, 0) is 48.0 Å². The first-order chi connectivity index (χ1) is 18.6. The van der Waals surface area contributed by atoms with E-state index in [4.69, 9.17) is 0 Å². The molecule has 184 valence electrons.